The van der Waals surface area contributed by atoms with E-state index in [1.807, 2.05) is 0 Å². The van der Waals surface area contributed by atoms with Crippen molar-refractivity contribution in [2.75, 3.05) is 6.66 Å². The van der Waals surface area contributed by atoms with Gasteiger partial charge in [-0.3, -0.25) is 10.1 Å². The highest BCUT2D eigenvalue weighted by molar-refractivity contribution is 7.71. The van der Waals surface area contributed by atoms with Gasteiger partial charge in [0.25, 0.3) is 7.52 Å². The molecular formula is CH10N3O6P3. The summed E-state index contributed by atoms with van der Waals surface area (Å²) < 4.78 is 39.8. The molecule has 0 radical (unpaired) electrons. The van der Waals surface area contributed by atoms with Crippen LogP contribution in [0.25, 0.3) is 0 Å². The van der Waals surface area contributed by atoms with Crippen LogP contribution in [0.4, 0.5) is 0 Å². The predicted molar refractivity (Wildman–Crippen MR) is 45.7 cm³/mol. The summed E-state index contributed by atoms with van der Waals surface area (Å²) in [6.45, 7) is 0.898. The Morgan fingerprint density at radius 1 is 1.08 bits per heavy atom. The lowest BCUT2D eigenvalue weighted by molar-refractivity contribution is 0.338. The maximum absolute atomic E-state index is 10.9. The van der Waals surface area contributed by atoms with Gasteiger partial charge < -0.3 is 4.89 Å². The van der Waals surface area contributed by atoms with Crippen molar-refractivity contribution in [2.45, 2.75) is 0 Å². The highest BCUT2D eigenvalue weighted by Gasteiger charge is 2.33. The number of hydrogen-bond donors (Lipinski definition) is 4. The predicted octanol–water partition coefficient (Wildman–Crippen LogP) is -0.0729. The summed E-state index contributed by atoms with van der Waals surface area (Å²) in [5, 5.41) is 0. The molecule has 0 rings (SSSR count). The first-order chi connectivity index (χ1) is 5.41. The van der Waals surface area contributed by atoms with Gasteiger partial charge in [0.15, 0.2) is 0 Å². The third-order valence-electron chi connectivity index (χ3n) is 0.507. The van der Waals surface area contributed by atoms with Gasteiger partial charge in [0.2, 0.25) is 0 Å². The molecule has 0 aliphatic heterocycles. The Bertz CT molecular complexity index is 285. The first kappa shape index (κ1) is 13.4. The fourth-order valence-corrected chi connectivity index (χ4v) is 3.90. The van der Waals surface area contributed by atoms with Gasteiger partial charge in [-0.25, -0.2) is 28.8 Å². The van der Waals surface area contributed by atoms with E-state index >= 15 is 0 Å². The molecule has 9 nitrogen and oxygen atoms in total. The molecule has 0 saturated heterocycles. The minimum absolute atomic E-state index is 0.898. The van der Waals surface area contributed by atoms with Crippen LogP contribution < -0.4 is 16.5 Å². The van der Waals surface area contributed by atoms with Gasteiger partial charge in [0.05, 0.1) is 0 Å². The molecule has 0 bridgehead atoms. The lowest BCUT2D eigenvalue weighted by Crippen LogP contribution is -2.07. The molecule has 0 aromatic carbocycles. The first-order valence-electron chi connectivity index (χ1n) is 2.70. The highest BCUT2D eigenvalue weighted by Crippen LogP contribution is 2.60. The summed E-state index contributed by atoms with van der Waals surface area (Å²) in [4.78, 5) is 8.40. The van der Waals surface area contributed by atoms with Crippen molar-refractivity contribution >= 4 is 23.0 Å². The average Bonchev–Trinajstić information content (AvgIpc) is 1.43. The number of nitrogens with two attached hydrogens (primary N) is 3. The molecule has 0 aromatic rings. The van der Waals surface area contributed by atoms with Crippen LogP contribution in [0.2, 0.25) is 0 Å². The molecule has 13 heavy (non-hydrogen) atoms. The van der Waals surface area contributed by atoms with Crippen molar-refractivity contribution in [3.8, 4) is 0 Å². The first-order valence-corrected chi connectivity index (χ1v) is 8.10. The molecule has 0 aliphatic rings. The molecule has 3 unspecified atom stereocenters. The maximum Gasteiger partial charge on any atom is 0.417 e. The highest BCUT2D eigenvalue weighted by atomic mass is 31.3. The van der Waals surface area contributed by atoms with Crippen molar-refractivity contribution in [1.29, 1.82) is 0 Å². The van der Waals surface area contributed by atoms with Crippen molar-refractivity contribution in [3.63, 3.8) is 0 Å². The Kier molecular flexibility index (Phi) is 4.04. The molecule has 12 heteroatoms. The standard InChI is InChI=1S/CH10N3O6P3/c1-11(2,5)9-13(4,8)10-12(3,6)7/h1H3,(H2,2,5)(H2,4,8)(H3,3,6,7). The SMILES string of the molecule is CP(N)(=O)OP(N)(=O)OP(N)(=O)O. The van der Waals surface area contributed by atoms with E-state index in [1.54, 1.807) is 0 Å². The van der Waals surface area contributed by atoms with Crippen LogP contribution in [0.3, 0.4) is 0 Å². The second-order valence-corrected chi connectivity index (χ2v) is 7.51. The third kappa shape index (κ3) is 8.77. The van der Waals surface area contributed by atoms with Gasteiger partial charge in [-0.1, -0.05) is 0 Å². The average molecular weight is 253 g/mol. The van der Waals surface area contributed by atoms with Crippen molar-refractivity contribution < 1.29 is 27.2 Å². The van der Waals surface area contributed by atoms with Gasteiger partial charge in [-0.2, -0.15) is 0 Å². The van der Waals surface area contributed by atoms with Crippen molar-refractivity contribution in [2.24, 2.45) is 16.5 Å². The quantitative estimate of drug-likeness (QED) is 0.500. The lowest BCUT2D eigenvalue weighted by atomic mass is 12.0. The Morgan fingerprint density at radius 2 is 1.46 bits per heavy atom. The van der Waals surface area contributed by atoms with Crippen LogP contribution in [-0.2, 0) is 22.3 Å². The van der Waals surface area contributed by atoms with E-state index in [9.17, 15) is 13.7 Å². The summed E-state index contributed by atoms with van der Waals surface area (Å²) in [5.41, 5.74) is 14.0. The third-order valence-corrected chi connectivity index (χ3v) is 4.56. The van der Waals surface area contributed by atoms with Crippen molar-refractivity contribution in [1.82, 2.24) is 0 Å². The summed E-state index contributed by atoms with van der Waals surface area (Å²) in [7, 11) is -12.7. The maximum atomic E-state index is 10.9. The second kappa shape index (κ2) is 3.90. The van der Waals surface area contributed by atoms with E-state index in [4.69, 9.17) is 15.9 Å². The Labute approximate surface area is 74.3 Å². The normalized spacial score (nSPS) is 25.6. The van der Waals surface area contributed by atoms with Gasteiger partial charge in [0.1, 0.15) is 0 Å². The summed E-state index contributed by atoms with van der Waals surface area (Å²) >= 11 is 0. The minimum atomic E-state index is -4.56. The molecule has 0 saturated carbocycles. The number of rotatable bonds is 4. The smallest absolute Gasteiger partial charge is 0.312 e. The Morgan fingerprint density at radius 3 is 1.69 bits per heavy atom. The monoisotopic (exact) mass is 253 g/mol. The molecule has 0 spiro atoms. The van der Waals surface area contributed by atoms with Crippen LogP contribution in [0.5, 0.6) is 0 Å². The molecule has 0 fully saturated rings. The van der Waals surface area contributed by atoms with E-state index in [1.165, 1.54) is 0 Å². The summed E-state index contributed by atoms with van der Waals surface area (Å²) in [6, 6.07) is 0. The Hall–Kier alpha value is 0.450. The summed E-state index contributed by atoms with van der Waals surface area (Å²) in [5.74, 6) is 0. The van der Waals surface area contributed by atoms with Gasteiger partial charge >= 0.3 is 15.5 Å². The van der Waals surface area contributed by atoms with Crippen molar-refractivity contribution in [3.05, 3.63) is 0 Å². The zero-order chi connectivity index (χ0) is 10.9. The van der Waals surface area contributed by atoms with E-state index in [0.717, 1.165) is 6.66 Å². The lowest BCUT2D eigenvalue weighted by Gasteiger charge is -2.16. The van der Waals surface area contributed by atoms with E-state index < -0.39 is 23.0 Å². The molecule has 0 amide bonds. The fraction of sp³-hybridized carbons (Fsp3) is 1.00. The van der Waals surface area contributed by atoms with E-state index in [-0.39, 0.29) is 0 Å². The largest absolute Gasteiger partial charge is 0.417 e. The van der Waals surface area contributed by atoms with Crippen LogP contribution in [0.15, 0.2) is 0 Å². The number of hydrogen-bond acceptors (Lipinski definition) is 5. The molecule has 7 N–H and O–H groups in total. The fourth-order valence-electron chi connectivity index (χ4n) is 0.404. The molecule has 0 aliphatic carbocycles. The van der Waals surface area contributed by atoms with E-state index in [0.29, 0.717) is 0 Å². The second-order valence-electron chi connectivity index (χ2n) is 2.18. The van der Waals surface area contributed by atoms with Gasteiger partial charge in [0, 0.05) is 6.66 Å². The molecular weight excluding hydrogens is 243 g/mol. The zero-order valence-corrected chi connectivity index (χ0v) is 9.25. The van der Waals surface area contributed by atoms with Gasteiger partial charge in [-0.05, 0) is 0 Å². The molecule has 0 heterocycles. The van der Waals surface area contributed by atoms with Gasteiger partial charge in [-0.15, -0.1) is 0 Å². The topological polar surface area (TPSA) is 168 Å². The minimum Gasteiger partial charge on any atom is -0.312 e. The Balaban J connectivity index is 4.54. The zero-order valence-electron chi connectivity index (χ0n) is 6.56. The van der Waals surface area contributed by atoms with Crippen LogP contribution >= 0.6 is 23.0 Å². The van der Waals surface area contributed by atoms with Crippen LogP contribution in [0.1, 0.15) is 0 Å². The van der Waals surface area contributed by atoms with E-state index in [2.05, 4.69) is 14.1 Å². The molecule has 80 valence electrons. The molecule has 3 atom stereocenters. The molecule has 0 aromatic heterocycles. The van der Waals surface area contributed by atoms with Crippen LogP contribution in [0, 0.1) is 0 Å². The van der Waals surface area contributed by atoms with Crippen LogP contribution in [-0.4, -0.2) is 11.6 Å². The summed E-state index contributed by atoms with van der Waals surface area (Å²) in [6.07, 6.45) is 0.